The molecule has 0 aliphatic heterocycles. The molecule has 16 heteroatoms. The summed E-state index contributed by atoms with van der Waals surface area (Å²) in [5.41, 5.74) is 0.269. The van der Waals surface area contributed by atoms with Crippen molar-refractivity contribution < 1.29 is 27.4 Å². The van der Waals surface area contributed by atoms with E-state index >= 15 is 0 Å². The van der Waals surface area contributed by atoms with E-state index < -0.39 is 21.4 Å². The van der Waals surface area contributed by atoms with Gasteiger partial charge in [-0.3, -0.25) is 9.29 Å². The Labute approximate surface area is 231 Å². The number of halogens is 1. The average Bonchev–Trinajstić information content (AvgIpc) is 3.35. The summed E-state index contributed by atoms with van der Waals surface area (Å²) in [5.74, 6) is 0.882. The van der Waals surface area contributed by atoms with Gasteiger partial charge in [-0.2, -0.15) is 9.97 Å². The zero-order chi connectivity index (χ0) is 28.2. The largest absolute Gasteiger partial charge is 0.479 e. The minimum atomic E-state index is -4.14. The van der Waals surface area contributed by atoms with Crippen molar-refractivity contribution in [1.82, 2.24) is 34.7 Å². The molecule has 212 valence electrons. The molecule has 0 amide bonds. The molecular formula is C23H31ClN8O6S. The van der Waals surface area contributed by atoms with Gasteiger partial charge in [-0.25, -0.2) is 18.4 Å². The highest BCUT2D eigenvalue weighted by Gasteiger charge is 2.36. The maximum absolute atomic E-state index is 13.6. The number of ether oxygens (including phenoxy) is 4. The van der Waals surface area contributed by atoms with E-state index in [1.54, 1.807) is 11.7 Å². The van der Waals surface area contributed by atoms with E-state index in [-0.39, 0.29) is 41.2 Å². The topological polar surface area (TPSA) is 165 Å². The molecule has 1 saturated carbocycles. The maximum atomic E-state index is 13.6. The normalized spacial score (nSPS) is 19.3. The molecule has 0 radical (unpaired) electrons. The van der Waals surface area contributed by atoms with Crippen LogP contribution in [-0.2, 0) is 19.5 Å². The van der Waals surface area contributed by atoms with Gasteiger partial charge in [0.15, 0.2) is 11.5 Å². The molecule has 1 aliphatic carbocycles. The van der Waals surface area contributed by atoms with E-state index in [1.807, 2.05) is 0 Å². The van der Waals surface area contributed by atoms with Crippen LogP contribution < -0.4 is 14.2 Å². The van der Waals surface area contributed by atoms with Crippen LogP contribution in [0.25, 0.3) is 5.69 Å². The van der Waals surface area contributed by atoms with Gasteiger partial charge in [0.2, 0.25) is 27.7 Å². The van der Waals surface area contributed by atoms with Crippen LogP contribution in [0.1, 0.15) is 56.3 Å². The molecule has 0 unspecified atom stereocenters. The molecular weight excluding hydrogens is 552 g/mol. The quantitative estimate of drug-likeness (QED) is 0.352. The Bertz CT molecular complexity index is 1340. The van der Waals surface area contributed by atoms with E-state index in [0.29, 0.717) is 10.8 Å². The van der Waals surface area contributed by atoms with Crippen molar-refractivity contribution in [2.24, 2.45) is 0 Å². The van der Waals surface area contributed by atoms with Crippen LogP contribution in [0.2, 0.25) is 5.02 Å². The van der Waals surface area contributed by atoms with Crippen LogP contribution in [0.15, 0.2) is 18.7 Å². The predicted octanol–water partition coefficient (Wildman–Crippen LogP) is 2.71. The fraction of sp³-hybridized carbons (Fsp3) is 0.565. The van der Waals surface area contributed by atoms with Crippen molar-refractivity contribution in [3.05, 3.63) is 35.4 Å². The first-order chi connectivity index (χ1) is 18.7. The molecule has 0 saturated heterocycles. The van der Waals surface area contributed by atoms with Gasteiger partial charge in [-0.15, -0.1) is 10.2 Å². The monoisotopic (exact) mass is 582 g/mol. The molecule has 2 atom stereocenters. The summed E-state index contributed by atoms with van der Waals surface area (Å²) in [5, 5.41) is 7.81. The Kier molecular flexibility index (Phi) is 9.15. The van der Waals surface area contributed by atoms with Crippen molar-refractivity contribution in [2.45, 2.75) is 56.0 Å². The number of hydrogen-bond donors (Lipinski definition) is 1. The third-order valence-electron chi connectivity index (χ3n) is 6.72. The number of rotatable bonds is 11. The highest BCUT2D eigenvalue weighted by Crippen LogP contribution is 2.39. The summed E-state index contributed by atoms with van der Waals surface area (Å²) in [7, 11) is 1.83. The van der Waals surface area contributed by atoms with Crippen LogP contribution in [0.5, 0.6) is 11.8 Å². The average molecular weight is 583 g/mol. The van der Waals surface area contributed by atoms with Gasteiger partial charge in [-0.05, 0) is 32.6 Å². The molecule has 3 heterocycles. The molecule has 1 aliphatic rings. The number of anilines is 1. The summed E-state index contributed by atoms with van der Waals surface area (Å²) in [6.07, 6.45) is 6.36. The number of methoxy groups -OCH3 is 4. The molecule has 3 aromatic rings. The van der Waals surface area contributed by atoms with Gasteiger partial charge < -0.3 is 18.9 Å². The number of nitrogens with one attached hydrogen (secondary N) is 1. The highest BCUT2D eigenvalue weighted by molar-refractivity contribution is 7.93. The Morgan fingerprint density at radius 2 is 1.59 bits per heavy atom. The minimum absolute atomic E-state index is 0.0385. The lowest BCUT2D eigenvalue weighted by Crippen LogP contribution is -2.33. The smallest absolute Gasteiger partial charge is 0.245 e. The van der Waals surface area contributed by atoms with Crippen molar-refractivity contribution in [3.63, 3.8) is 0 Å². The molecule has 3 aromatic heterocycles. The van der Waals surface area contributed by atoms with Crippen LogP contribution in [0.3, 0.4) is 0 Å². The lowest BCUT2D eigenvalue weighted by Gasteiger charge is -2.27. The Morgan fingerprint density at radius 3 is 2.13 bits per heavy atom. The third-order valence-corrected chi connectivity index (χ3v) is 8.61. The Hall–Kier alpha value is -3.14. The summed E-state index contributed by atoms with van der Waals surface area (Å²) >= 11 is 5.89. The second kappa shape index (κ2) is 12.4. The minimum Gasteiger partial charge on any atom is -0.479 e. The highest BCUT2D eigenvalue weighted by atomic mass is 35.5. The van der Waals surface area contributed by atoms with E-state index in [0.717, 1.165) is 25.7 Å². The van der Waals surface area contributed by atoms with Gasteiger partial charge in [0, 0.05) is 32.5 Å². The summed E-state index contributed by atoms with van der Waals surface area (Å²) in [4.78, 5) is 16.7. The molecule has 0 aromatic carbocycles. The molecule has 14 nitrogen and oxygen atoms in total. The van der Waals surface area contributed by atoms with Gasteiger partial charge in [0.1, 0.15) is 23.5 Å². The molecule has 1 fully saturated rings. The van der Waals surface area contributed by atoms with E-state index in [2.05, 4.69) is 34.9 Å². The maximum Gasteiger partial charge on any atom is 0.245 e. The van der Waals surface area contributed by atoms with E-state index in [9.17, 15) is 8.42 Å². The second-order valence-corrected chi connectivity index (χ2v) is 11.4. The van der Waals surface area contributed by atoms with E-state index in [1.165, 1.54) is 47.0 Å². The van der Waals surface area contributed by atoms with Gasteiger partial charge in [-0.1, -0.05) is 11.6 Å². The second-order valence-electron chi connectivity index (χ2n) is 8.94. The summed E-state index contributed by atoms with van der Waals surface area (Å²) < 4.78 is 53.4. The first-order valence-electron chi connectivity index (χ1n) is 12.2. The Morgan fingerprint density at radius 1 is 0.974 bits per heavy atom. The van der Waals surface area contributed by atoms with Crippen LogP contribution in [0.4, 0.5) is 5.95 Å². The third kappa shape index (κ3) is 6.05. The first kappa shape index (κ1) is 28.9. The molecule has 4 rings (SSSR count). The van der Waals surface area contributed by atoms with Gasteiger partial charge in [0.25, 0.3) is 0 Å². The van der Waals surface area contributed by atoms with Crippen LogP contribution >= 0.6 is 11.6 Å². The fourth-order valence-corrected chi connectivity index (χ4v) is 5.83. The lowest BCUT2D eigenvalue weighted by atomic mass is 9.86. The standard InChI is InChI=1S/C23H31ClN8O6S/c1-13(18(36-3)19-25-10-15(24)11-26-19)39(33,34)31-23-30-29-20(14-6-8-16(35-2)9-7-14)32(23)17-21(37-4)27-12-28-22(17)38-5/h10-14,16,18H,6-9H2,1-5H3,(H,30,31)/t13-,14-,16+,18-/m0/s1. The lowest BCUT2D eigenvalue weighted by molar-refractivity contribution is 0.0649. The van der Waals surface area contributed by atoms with Crippen molar-refractivity contribution in [1.29, 1.82) is 0 Å². The van der Waals surface area contributed by atoms with Crippen LogP contribution in [-0.4, -0.2) is 82.9 Å². The number of sulfonamides is 1. The SMILES string of the molecule is COc1ncnc(OC)c1-n1c(NS(=O)(=O)[C@@H](C)[C@H](OC)c2ncc(Cl)cn2)nnc1[C@H]1CC[C@@H](OC)CC1. The van der Waals surface area contributed by atoms with Crippen molar-refractivity contribution in [2.75, 3.05) is 33.2 Å². The van der Waals surface area contributed by atoms with Gasteiger partial charge in [0.05, 0.1) is 25.3 Å². The number of aromatic nitrogens is 7. The molecule has 0 bridgehead atoms. The van der Waals surface area contributed by atoms with Crippen molar-refractivity contribution in [3.8, 4) is 17.4 Å². The van der Waals surface area contributed by atoms with E-state index in [4.69, 9.17) is 30.5 Å². The predicted molar refractivity (Wildman–Crippen MR) is 141 cm³/mol. The number of nitrogens with zero attached hydrogens (tertiary/aromatic N) is 7. The first-order valence-corrected chi connectivity index (χ1v) is 14.1. The Balaban J connectivity index is 1.77. The zero-order valence-electron chi connectivity index (χ0n) is 22.2. The zero-order valence-corrected chi connectivity index (χ0v) is 23.8. The molecule has 0 spiro atoms. The molecule has 39 heavy (non-hydrogen) atoms. The van der Waals surface area contributed by atoms with Crippen molar-refractivity contribution >= 4 is 27.6 Å². The fourth-order valence-electron chi connectivity index (χ4n) is 4.60. The summed E-state index contributed by atoms with van der Waals surface area (Å²) in [6, 6.07) is 0. The van der Waals surface area contributed by atoms with Crippen LogP contribution in [0, 0.1) is 0 Å². The summed E-state index contributed by atoms with van der Waals surface area (Å²) in [6.45, 7) is 1.48. The number of hydrogen-bond acceptors (Lipinski definition) is 12. The van der Waals surface area contributed by atoms with Gasteiger partial charge >= 0.3 is 0 Å². The molecule has 1 N–H and O–H groups in total.